The van der Waals surface area contributed by atoms with Crippen molar-refractivity contribution in [2.24, 2.45) is 0 Å². The Hall–Kier alpha value is -5.23. The predicted molar refractivity (Wildman–Crippen MR) is 166 cm³/mol. The van der Waals surface area contributed by atoms with Crippen LogP contribution in [-0.2, 0) is 24.3 Å². The van der Waals surface area contributed by atoms with E-state index < -0.39 is 5.92 Å². The molecule has 208 valence electrons. The molecule has 1 aromatic heterocycles. The molecule has 5 aromatic rings. The van der Waals surface area contributed by atoms with Gasteiger partial charge in [-0.2, -0.15) is 0 Å². The number of nitrogens with zero attached hydrogens (tertiary/aromatic N) is 2. The Morgan fingerprint density at radius 2 is 1.48 bits per heavy atom. The van der Waals surface area contributed by atoms with Crippen molar-refractivity contribution in [2.75, 3.05) is 16.8 Å². The van der Waals surface area contributed by atoms with Gasteiger partial charge in [0.05, 0.1) is 11.5 Å². The Morgan fingerprint density at radius 3 is 2.17 bits per heavy atom. The van der Waals surface area contributed by atoms with Crippen molar-refractivity contribution in [1.82, 2.24) is 10.3 Å². The molecule has 0 saturated carbocycles. The summed E-state index contributed by atoms with van der Waals surface area (Å²) in [5, 5.41) is 6.16. The van der Waals surface area contributed by atoms with Crippen LogP contribution in [0.2, 0.25) is 0 Å². The molecule has 0 aliphatic carbocycles. The maximum absolute atomic E-state index is 13.8. The third-order valence-electron chi connectivity index (χ3n) is 7.68. The van der Waals surface area contributed by atoms with Gasteiger partial charge >= 0.3 is 0 Å². The maximum Gasteiger partial charge on any atom is 0.253 e. The second-order valence-electron chi connectivity index (χ2n) is 10.5. The Kier molecular flexibility index (Phi) is 8.04. The molecule has 2 amide bonds. The van der Waals surface area contributed by atoms with Crippen LogP contribution in [-0.4, -0.2) is 23.3 Å². The van der Waals surface area contributed by atoms with Crippen LogP contribution in [0.25, 0.3) is 0 Å². The van der Waals surface area contributed by atoms with Crippen molar-refractivity contribution in [3.63, 3.8) is 0 Å². The van der Waals surface area contributed by atoms with E-state index in [-0.39, 0.29) is 11.8 Å². The normalized spacial score (nSPS) is 12.5. The Balaban J connectivity index is 1.30. The number of benzene rings is 4. The number of fused-ring (bicyclic) bond motifs is 1. The van der Waals surface area contributed by atoms with Crippen LogP contribution in [0.3, 0.4) is 0 Å². The topological polar surface area (TPSA) is 74.3 Å². The first-order chi connectivity index (χ1) is 20.7. The van der Waals surface area contributed by atoms with Crippen molar-refractivity contribution in [1.29, 1.82) is 0 Å². The maximum atomic E-state index is 13.8. The summed E-state index contributed by atoms with van der Waals surface area (Å²) in [6.45, 7) is 1.88. The minimum absolute atomic E-state index is 0.159. The fourth-order valence-electron chi connectivity index (χ4n) is 5.55. The first-order valence-corrected chi connectivity index (χ1v) is 14.2. The molecule has 2 heterocycles. The first-order valence-electron chi connectivity index (χ1n) is 14.2. The molecule has 1 aliphatic heterocycles. The fraction of sp³-hybridized carbons (Fsp3) is 0.139. The molecule has 0 bridgehead atoms. The number of pyridine rings is 1. The van der Waals surface area contributed by atoms with E-state index in [1.165, 1.54) is 11.1 Å². The average Bonchev–Trinajstić information content (AvgIpc) is 3.05. The summed E-state index contributed by atoms with van der Waals surface area (Å²) in [5.74, 6) is -0.853. The van der Waals surface area contributed by atoms with Crippen molar-refractivity contribution >= 4 is 23.2 Å². The molecule has 2 N–H and O–H groups in total. The van der Waals surface area contributed by atoms with Gasteiger partial charge in [0.2, 0.25) is 5.91 Å². The van der Waals surface area contributed by atoms with E-state index >= 15 is 0 Å². The summed E-state index contributed by atoms with van der Waals surface area (Å²) in [5.41, 5.74) is 7.26. The van der Waals surface area contributed by atoms with Crippen LogP contribution in [0.5, 0.6) is 0 Å². The SMILES string of the molecule is O=C(NCc1cccnc1)c1cc(NC(=O)C(c2ccccc2)c2ccccc2)ccc1N1CCc2ccccc2C1. The van der Waals surface area contributed by atoms with E-state index in [9.17, 15) is 9.59 Å². The number of nitrogens with one attached hydrogen (secondary N) is 2. The first kappa shape index (κ1) is 27.0. The molecule has 1 aliphatic rings. The van der Waals surface area contributed by atoms with Gasteiger partial charge in [-0.15, -0.1) is 0 Å². The number of carbonyl (C=O) groups excluding carboxylic acids is 2. The van der Waals surface area contributed by atoms with Crippen LogP contribution in [0.4, 0.5) is 11.4 Å². The molecular weight excluding hydrogens is 520 g/mol. The highest BCUT2D eigenvalue weighted by Crippen LogP contribution is 2.31. The number of rotatable bonds is 8. The smallest absolute Gasteiger partial charge is 0.253 e. The van der Waals surface area contributed by atoms with Crippen LogP contribution < -0.4 is 15.5 Å². The quantitative estimate of drug-likeness (QED) is 0.235. The lowest BCUT2D eigenvalue weighted by Crippen LogP contribution is -2.33. The Morgan fingerprint density at radius 1 is 0.786 bits per heavy atom. The van der Waals surface area contributed by atoms with E-state index in [1.807, 2.05) is 84.9 Å². The van der Waals surface area contributed by atoms with E-state index in [2.05, 4.69) is 44.8 Å². The van der Waals surface area contributed by atoms with Crippen LogP contribution in [0.1, 0.15) is 44.1 Å². The molecule has 4 aromatic carbocycles. The summed E-state index contributed by atoms with van der Waals surface area (Å²) in [6, 6.07) is 37.3. The molecule has 6 heteroatoms. The van der Waals surface area contributed by atoms with Gasteiger partial charge in [-0.05, 0) is 58.5 Å². The lowest BCUT2D eigenvalue weighted by atomic mass is 9.90. The third-order valence-corrected chi connectivity index (χ3v) is 7.68. The molecule has 0 atom stereocenters. The van der Waals surface area contributed by atoms with Crippen LogP contribution in [0, 0.1) is 0 Å². The number of hydrogen-bond acceptors (Lipinski definition) is 4. The predicted octanol–water partition coefficient (Wildman–Crippen LogP) is 6.34. The van der Waals surface area contributed by atoms with Gasteiger partial charge in [-0.25, -0.2) is 0 Å². The zero-order valence-corrected chi connectivity index (χ0v) is 23.2. The molecule has 0 saturated heterocycles. The summed E-state index contributed by atoms with van der Waals surface area (Å²) in [6.07, 6.45) is 4.36. The summed E-state index contributed by atoms with van der Waals surface area (Å²) >= 11 is 0. The number of aromatic nitrogens is 1. The van der Waals surface area contributed by atoms with Crippen molar-refractivity contribution in [2.45, 2.75) is 25.4 Å². The zero-order valence-electron chi connectivity index (χ0n) is 23.2. The largest absolute Gasteiger partial charge is 0.366 e. The summed E-state index contributed by atoms with van der Waals surface area (Å²) < 4.78 is 0. The molecule has 0 unspecified atom stereocenters. The Bertz CT molecular complexity index is 1630. The van der Waals surface area contributed by atoms with E-state index in [0.717, 1.165) is 41.9 Å². The number of hydrogen-bond donors (Lipinski definition) is 2. The summed E-state index contributed by atoms with van der Waals surface area (Å²) in [7, 11) is 0. The lowest BCUT2D eigenvalue weighted by molar-refractivity contribution is -0.116. The third kappa shape index (κ3) is 6.08. The molecule has 6 nitrogen and oxygen atoms in total. The van der Waals surface area contributed by atoms with Crippen LogP contribution >= 0.6 is 0 Å². The van der Waals surface area contributed by atoms with Crippen LogP contribution in [0.15, 0.2) is 128 Å². The minimum Gasteiger partial charge on any atom is -0.366 e. The van der Waals surface area contributed by atoms with Crippen molar-refractivity contribution in [3.8, 4) is 0 Å². The highest BCUT2D eigenvalue weighted by Gasteiger charge is 2.25. The monoisotopic (exact) mass is 552 g/mol. The van der Waals surface area contributed by atoms with Crippen molar-refractivity contribution < 1.29 is 9.59 Å². The zero-order chi connectivity index (χ0) is 28.7. The highest BCUT2D eigenvalue weighted by molar-refractivity contribution is 6.03. The van der Waals surface area contributed by atoms with Gasteiger partial charge in [0.1, 0.15) is 0 Å². The van der Waals surface area contributed by atoms with Crippen molar-refractivity contribution in [3.05, 3.63) is 161 Å². The minimum atomic E-state index is -0.492. The van der Waals surface area contributed by atoms with Gasteiger partial charge < -0.3 is 15.5 Å². The Labute approximate surface area is 246 Å². The second-order valence-corrected chi connectivity index (χ2v) is 10.5. The lowest BCUT2D eigenvalue weighted by Gasteiger charge is -2.32. The van der Waals surface area contributed by atoms with Gasteiger partial charge in [-0.1, -0.05) is 91.0 Å². The van der Waals surface area contributed by atoms with E-state index in [4.69, 9.17) is 0 Å². The van der Waals surface area contributed by atoms with Gasteiger partial charge in [0.15, 0.2) is 0 Å². The molecule has 6 rings (SSSR count). The fourth-order valence-corrected chi connectivity index (χ4v) is 5.55. The summed E-state index contributed by atoms with van der Waals surface area (Å²) in [4.78, 5) is 33.9. The van der Waals surface area contributed by atoms with E-state index in [1.54, 1.807) is 18.5 Å². The van der Waals surface area contributed by atoms with E-state index in [0.29, 0.717) is 17.8 Å². The van der Waals surface area contributed by atoms with Gasteiger partial charge in [-0.3, -0.25) is 14.6 Å². The average molecular weight is 553 g/mol. The molecule has 0 fully saturated rings. The molecular formula is C36H32N4O2. The highest BCUT2D eigenvalue weighted by atomic mass is 16.2. The number of anilines is 2. The standard InChI is InChI=1S/C36H32N4O2/c41-35(38-24-26-10-9-20-37-23-26)32-22-31(17-18-33(32)40-21-19-27-11-7-8-16-30(27)25-40)39-36(42)34(28-12-3-1-4-13-28)29-14-5-2-6-15-29/h1-18,20,22-23,34H,19,21,24-25H2,(H,38,41)(H,39,42). The molecule has 0 spiro atoms. The number of amides is 2. The number of carbonyl (C=O) groups is 2. The molecule has 42 heavy (non-hydrogen) atoms. The molecule has 0 radical (unpaired) electrons. The second kappa shape index (κ2) is 12.5. The van der Waals surface area contributed by atoms with Gasteiger partial charge in [0.25, 0.3) is 5.91 Å². The van der Waals surface area contributed by atoms with Gasteiger partial charge in [0, 0.05) is 43.4 Å².